The maximum Gasteiger partial charge on any atom is 0.343 e. The van der Waals surface area contributed by atoms with E-state index in [9.17, 15) is 9.59 Å². The number of hydrogen-bond acceptors (Lipinski definition) is 5. The molecule has 0 aliphatic carbocycles. The number of benzene rings is 3. The van der Waals surface area contributed by atoms with Gasteiger partial charge in [-0.3, -0.25) is 4.79 Å². The molecule has 6 nitrogen and oxygen atoms in total. The number of rotatable bonds is 7. The normalized spacial score (nSPS) is 10.6. The van der Waals surface area contributed by atoms with E-state index < -0.39 is 5.97 Å². The maximum absolute atomic E-state index is 12.4. The third-order valence-corrected chi connectivity index (χ3v) is 4.59. The zero-order valence-corrected chi connectivity index (χ0v) is 17.8. The van der Waals surface area contributed by atoms with E-state index >= 15 is 0 Å². The van der Waals surface area contributed by atoms with Crippen molar-refractivity contribution in [3.05, 3.63) is 94.0 Å². The SMILES string of the molecule is COc1ccc(C(=O)Oc2ccc(Br)cc2/C=N/NC(=O)Cc2ccccc2)cc1. The average molecular weight is 467 g/mol. The van der Waals surface area contributed by atoms with Crippen molar-refractivity contribution in [2.45, 2.75) is 6.42 Å². The van der Waals surface area contributed by atoms with E-state index in [0.29, 0.717) is 22.6 Å². The minimum atomic E-state index is -0.511. The van der Waals surface area contributed by atoms with E-state index in [-0.39, 0.29) is 12.3 Å². The highest BCUT2D eigenvalue weighted by Gasteiger charge is 2.12. The van der Waals surface area contributed by atoms with Crippen molar-refractivity contribution in [2.24, 2.45) is 5.10 Å². The number of hydrogen-bond donors (Lipinski definition) is 1. The molecule has 0 aliphatic heterocycles. The van der Waals surface area contributed by atoms with Crippen LogP contribution in [-0.2, 0) is 11.2 Å². The van der Waals surface area contributed by atoms with Crippen LogP contribution in [0.3, 0.4) is 0 Å². The third kappa shape index (κ3) is 6.02. The van der Waals surface area contributed by atoms with Gasteiger partial charge in [-0.1, -0.05) is 46.3 Å². The Balaban J connectivity index is 1.67. The van der Waals surface area contributed by atoms with Gasteiger partial charge in [0.2, 0.25) is 5.91 Å². The summed E-state index contributed by atoms with van der Waals surface area (Å²) in [6, 6.07) is 21.1. The van der Waals surface area contributed by atoms with Gasteiger partial charge < -0.3 is 9.47 Å². The van der Waals surface area contributed by atoms with E-state index in [1.54, 1.807) is 49.6 Å². The molecule has 3 aromatic rings. The van der Waals surface area contributed by atoms with Crippen molar-refractivity contribution in [1.29, 1.82) is 0 Å². The fourth-order valence-electron chi connectivity index (χ4n) is 2.59. The molecule has 0 saturated carbocycles. The van der Waals surface area contributed by atoms with Crippen molar-refractivity contribution in [2.75, 3.05) is 7.11 Å². The van der Waals surface area contributed by atoms with Gasteiger partial charge in [0.05, 0.1) is 25.3 Å². The molecular formula is C23H19BrN2O4. The van der Waals surface area contributed by atoms with Gasteiger partial charge in [-0.05, 0) is 48.0 Å². The number of carbonyl (C=O) groups is 2. The molecule has 0 aliphatic rings. The number of nitrogens with zero attached hydrogens (tertiary/aromatic N) is 1. The molecule has 0 bridgehead atoms. The molecule has 7 heteroatoms. The van der Waals surface area contributed by atoms with Gasteiger partial charge in [0, 0.05) is 10.0 Å². The van der Waals surface area contributed by atoms with Crippen LogP contribution in [0.1, 0.15) is 21.5 Å². The first-order valence-electron chi connectivity index (χ1n) is 9.07. The minimum Gasteiger partial charge on any atom is -0.497 e. The van der Waals surface area contributed by atoms with Crippen LogP contribution in [0.4, 0.5) is 0 Å². The van der Waals surface area contributed by atoms with Crippen molar-refractivity contribution in [1.82, 2.24) is 5.43 Å². The number of hydrazone groups is 1. The topological polar surface area (TPSA) is 77.0 Å². The Kier molecular flexibility index (Phi) is 7.34. The average Bonchev–Trinajstić information content (AvgIpc) is 2.76. The van der Waals surface area contributed by atoms with Crippen molar-refractivity contribution in [3.63, 3.8) is 0 Å². The molecule has 152 valence electrons. The predicted octanol–water partition coefficient (Wildman–Crippen LogP) is 4.37. The smallest absolute Gasteiger partial charge is 0.343 e. The first kappa shape index (κ1) is 21.3. The fourth-order valence-corrected chi connectivity index (χ4v) is 2.97. The first-order chi connectivity index (χ1) is 14.5. The van der Waals surface area contributed by atoms with Gasteiger partial charge in [-0.2, -0.15) is 5.10 Å². The summed E-state index contributed by atoms with van der Waals surface area (Å²) in [5.74, 6) is 0.210. The summed E-state index contributed by atoms with van der Waals surface area (Å²) in [7, 11) is 1.55. The Morgan fingerprint density at radius 3 is 2.47 bits per heavy atom. The standard InChI is InChI=1S/C23H19BrN2O4/c1-29-20-10-7-17(8-11-20)23(28)30-21-12-9-19(24)14-18(21)15-25-26-22(27)13-16-5-3-2-4-6-16/h2-12,14-15H,13H2,1H3,(H,26,27)/b25-15+. The molecule has 0 fully saturated rings. The number of methoxy groups -OCH3 is 1. The van der Waals surface area contributed by atoms with E-state index in [4.69, 9.17) is 9.47 Å². The van der Waals surface area contributed by atoms with Crippen molar-refractivity contribution < 1.29 is 19.1 Å². The molecule has 30 heavy (non-hydrogen) atoms. The van der Waals surface area contributed by atoms with Crippen LogP contribution in [0.5, 0.6) is 11.5 Å². The molecule has 3 rings (SSSR count). The van der Waals surface area contributed by atoms with E-state index in [0.717, 1.165) is 10.0 Å². The zero-order valence-electron chi connectivity index (χ0n) is 16.2. The number of halogens is 1. The number of amides is 1. The lowest BCUT2D eigenvalue weighted by Crippen LogP contribution is -2.19. The molecule has 3 aromatic carbocycles. The monoisotopic (exact) mass is 466 g/mol. The Morgan fingerprint density at radius 2 is 1.77 bits per heavy atom. The highest BCUT2D eigenvalue weighted by molar-refractivity contribution is 9.10. The molecule has 1 amide bonds. The lowest BCUT2D eigenvalue weighted by atomic mass is 10.1. The van der Waals surface area contributed by atoms with Gasteiger partial charge in [0.1, 0.15) is 11.5 Å². The second-order valence-electron chi connectivity index (χ2n) is 6.26. The second kappa shape index (κ2) is 10.4. The molecule has 0 spiro atoms. The van der Waals surface area contributed by atoms with Crippen LogP contribution in [0.25, 0.3) is 0 Å². The van der Waals surface area contributed by atoms with Gasteiger partial charge in [0.15, 0.2) is 0 Å². The van der Waals surface area contributed by atoms with Crippen LogP contribution in [0, 0.1) is 0 Å². The van der Waals surface area contributed by atoms with Gasteiger partial charge in [-0.15, -0.1) is 0 Å². The van der Waals surface area contributed by atoms with E-state index in [2.05, 4.69) is 26.5 Å². The van der Waals surface area contributed by atoms with Crippen LogP contribution >= 0.6 is 15.9 Å². The summed E-state index contributed by atoms with van der Waals surface area (Å²) in [4.78, 5) is 24.5. The minimum absolute atomic E-state index is 0.218. The van der Waals surface area contributed by atoms with Crippen LogP contribution in [0.2, 0.25) is 0 Å². The first-order valence-corrected chi connectivity index (χ1v) is 9.86. The van der Waals surface area contributed by atoms with Gasteiger partial charge in [0.25, 0.3) is 0 Å². The quantitative estimate of drug-likeness (QED) is 0.242. The van der Waals surface area contributed by atoms with Crippen LogP contribution < -0.4 is 14.9 Å². The Labute approximate surface area is 182 Å². The molecule has 0 saturated heterocycles. The summed E-state index contributed by atoms with van der Waals surface area (Å²) in [5.41, 5.74) is 4.30. The Bertz CT molecular complexity index is 1050. The summed E-state index contributed by atoms with van der Waals surface area (Å²) >= 11 is 3.39. The fraction of sp³-hybridized carbons (Fsp3) is 0.0870. The lowest BCUT2D eigenvalue weighted by molar-refractivity contribution is -0.120. The van der Waals surface area contributed by atoms with Gasteiger partial charge >= 0.3 is 5.97 Å². The predicted molar refractivity (Wildman–Crippen MR) is 118 cm³/mol. The summed E-state index contributed by atoms with van der Waals surface area (Å²) in [5, 5.41) is 3.99. The van der Waals surface area contributed by atoms with E-state index in [1.165, 1.54) is 6.21 Å². The summed E-state index contributed by atoms with van der Waals surface area (Å²) in [6.45, 7) is 0. The zero-order chi connectivity index (χ0) is 21.3. The highest BCUT2D eigenvalue weighted by Crippen LogP contribution is 2.23. The molecule has 0 aromatic heterocycles. The summed E-state index contributed by atoms with van der Waals surface area (Å²) in [6.07, 6.45) is 1.65. The molecule has 1 N–H and O–H groups in total. The van der Waals surface area contributed by atoms with Crippen molar-refractivity contribution >= 4 is 34.0 Å². The Morgan fingerprint density at radius 1 is 1.03 bits per heavy atom. The third-order valence-electron chi connectivity index (χ3n) is 4.10. The van der Waals surface area contributed by atoms with Crippen LogP contribution in [-0.4, -0.2) is 25.2 Å². The Hall–Kier alpha value is -3.45. The summed E-state index contributed by atoms with van der Waals surface area (Å²) < 4.78 is 11.4. The molecule has 0 unspecified atom stereocenters. The molecule has 0 radical (unpaired) electrons. The second-order valence-corrected chi connectivity index (χ2v) is 7.17. The lowest BCUT2D eigenvalue weighted by Gasteiger charge is -2.08. The number of carbonyl (C=O) groups excluding carboxylic acids is 2. The molecule has 0 heterocycles. The molecule has 0 atom stereocenters. The van der Waals surface area contributed by atoms with Gasteiger partial charge in [-0.25, -0.2) is 10.2 Å². The number of esters is 1. The number of nitrogens with one attached hydrogen (secondary N) is 1. The largest absolute Gasteiger partial charge is 0.497 e. The van der Waals surface area contributed by atoms with Crippen molar-refractivity contribution in [3.8, 4) is 11.5 Å². The van der Waals surface area contributed by atoms with Crippen LogP contribution in [0.15, 0.2) is 82.4 Å². The number of ether oxygens (including phenoxy) is 2. The van der Waals surface area contributed by atoms with E-state index in [1.807, 2.05) is 30.3 Å². The highest BCUT2D eigenvalue weighted by atomic mass is 79.9. The molecular weight excluding hydrogens is 448 g/mol. The maximum atomic E-state index is 12.4.